The van der Waals surface area contributed by atoms with E-state index in [4.69, 9.17) is 28.3 Å². The van der Waals surface area contributed by atoms with Gasteiger partial charge in [-0.05, 0) is 12.1 Å². The van der Waals surface area contributed by atoms with E-state index in [2.05, 4.69) is 4.99 Å². The van der Waals surface area contributed by atoms with Crippen LogP contribution in [0.2, 0.25) is 10.0 Å². The van der Waals surface area contributed by atoms with Crippen LogP contribution in [-0.4, -0.2) is 43.4 Å². The summed E-state index contributed by atoms with van der Waals surface area (Å²) in [6.45, 7) is 0. The normalized spacial score (nSPS) is 23.7. The Morgan fingerprint density at radius 2 is 2.00 bits per heavy atom. The highest BCUT2D eigenvalue weighted by Crippen LogP contribution is 2.42. The van der Waals surface area contributed by atoms with Crippen LogP contribution in [0, 0.1) is 0 Å². The van der Waals surface area contributed by atoms with Gasteiger partial charge in [0.25, 0.3) is 0 Å². The lowest BCUT2D eigenvalue weighted by Crippen LogP contribution is -2.42. The number of benzene rings is 1. The Hall–Kier alpha value is -0.0300. The van der Waals surface area contributed by atoms with Crippen LogP contribution < -0.4 is 5.14 Å². The molecule has 1 unspecified atom stereocenters. The summed E-state index contributed by atoms with van der Waals surface area (Å²) in [5.74, 6) is 0.252. The Morgan fingerprint density at radius 1 is 1.41 bits per heavy atom. The summed E-state index contributed by atoms with van der Waals surface area (Å²) in [5.41, 5.74) is -1.27. The zero-order valence-corrected chi connectivity index (χ0v) is 16.4. The largest absolute Gasteiger partial charge is 0.366 e. The molecule has 1 aliphatic rings. The molecule has 0 radical (unpaired) electrons. The van der Waals surface area contributed by atoms with E-state index in [1.165, 1.54) is 28.8 Å². The molecule has 1 heterocycles. The topological polar surface area (TPSA) is 96.0 Å². The lowest BCUT2D eigenvalue weighted by Gasteiger charge is -2.32. The first kappa shape index (κ1) is 20.0. The molecular formula is C11H14BrCl2N3O3S2. The van der Waals surface area contributed by atoms with Crippen molar-refractivity contribution in [1.82, 2.24) is 4.90 Å². The van der Waals surface area contributed by atoms with E-state index in [1.807, 2.05) is 0 Å². The molecular weight excluding hydrogens is 437 g/mol. The molecule has 0 spiro atoms. The van der Waals surface area contributed by atoms with Crippen LogP contribution in [0.15, 0.2) is 22.0 Å². The predicted octanol–water partition coefficient (Wildman–Crippen LogP) is 2.03. The summed E-state index contributed by atoms with van der Waals surface area (Å²) in [5, 5.41) is 16.7. The molecule has 1 aromatic rings. The molecule has 124 valence electrons. The zero-order valence-electron chi connectivity index (χ0n) is 11.6. The summed E-state index contributed by atoms with van der Waals surface area (Å²) >= 11 is 13.3. The molecule has 1 fully saturated rings. The van der Waals surface area contributed by atoms with Gasteiger partial charge in [-0.3, -0.25) is 4.99 Å². The number of nitrogens with zero attached hydrogens (tertiary/aromatic N) is 2. The standard InChI is InChI=1S/C11H13Cl2N3O3S2.BrH/c1-15-10-16(2)11(17,5-20-10)6-3-9(21(14,18)19)8(13)4-7(6)12;/h3-4,17H,5H2,1-2H3,(H2,14,18,19);1H. The SMILES string of the molecule is Br.CN=C1SCC(O)(c2cc(S(N)(=O)=O)c(Cl)cc2Cl)N1C. The molecule has 2 rings (SSSR count). The van der Waals surface area contributed by atoms with Gasteiger partial charge in [0.15, 0.2) is 10.9 Å². The fourth-order valence-corrected chi connectivity index (χ4v) is 4.67. The van der Waals surface area contributed by atoms with Crippen molar-refractivity contribution < 1.29 is 13.5 Å². The first-order valence-electron chi connectivity index (χ1n) is 5.69. The maximum atomic E-state index is 11.6. The molecule has 1 aromatic carbocycles. The average Bonchev–Trinajstić information content (AvgIpc) is 2.65. The maximum absolute atomic E-state index is 11.6. The number of aliphatic hydroxyl groups is 1. The Bertz CT molecular complexity index is 730. The van der Waals surface area contributed by atoms with Gasteiger partial charge in [-0.1, -0.05) is 35.0 Å². The molecule has 3 N–H and O–H groups in total. The number of nitrogens with two attached hydrogens (primary N) is 1. The Balaban J connectivity index is 0.00000242. The fourth-order valence-electron chi connectivity index (χ4n) is 2.04. The number of primary sulfonamides is 1. The van der Waals surface area contributed by atoms with Crippen LogP contribution in [0.1, 0.15) is 5.56 Å². The van der Waals surface area contributed by atoms with Gasteiger partial charge < -0.3 is 10.0 Å². The maximum Gasteiger partial charge on any atom is 0.239 e. The van der Waals surface area contributed by atoms with Gasteiger partial charge in [-0.15, -0.1) is 17.0 Å². The summed E-state index contributed by atoms with van der Waals surface area (Å²) in [6.07, 6.45) is 0. The van der Waals surface area contributed by atoms with Gasteiger partial charge in [-0.2, -0.15) is 0 Å². The van der Waals surface area contributed by atoms with Crippen molar-refractivity contribution in [2.45, 2.75) is 10.6 Å². The van der Waals surface area contributed by atoms with Crippen LogP contribution in [0.3, 0.4) is 0 Å². The van der Waals surface area contributed by atoms with E-state index in [0.29, 0.717) is 5.17 Å². The number of aliphatic imine (C=N–C) groups is 1. The third kappa shape index (κ3) is 3.40. The van der Waals surface area contributed by atoms with E-state index in [1.54, 1.807) is 14.1 Å². The lowest BCUT2D eigenvalue weighted by molar-refractivity contribution is -0.0348. The van der Waals surface area contributed by atoms with E-state index in [0.717, 1.165) is 0 Å². The molecule has 0 saturated carbocycles. The lowest BCUT2D eigenvalue weighted by atomic mass is 10.0. The zero-order chi connectivity index (χ0) is 16.0. The molecule has 0 bridgehead atoms. The van der Waals surface area contributed by atoms with Crippen LogP contribution in [-0.2, 0) is 15.7 Å². The quantitative estimate of drug-likeness (QED) is 0.718. The number of hydrogen-bond donors (Lipinski definition) is 2. The van der Waals surface area contributed by atoms with Crippen molar-refractivity contribution in [2.24, 2.45) is 10.1 Å². The number of rotatable bonds is 2. The highest BCUT2D eigenvalue weighted by Gasteiger charge is 2.44. The predicted molar refractivity (Wildman–Crippen MR) is 95.6 cm³/mol. The van der Waals surface area contributed by atoms with Crippen LogP contribution in [0.5, 0.6) is 0 Å². The molecule has 0 amide bonds. The third-order valence-electron chi connectivity index (χ3n) is 3.20. The summed E-state index contributed by atoms with van der Waals surface area (Å²) in [7, 11) is -0.779. The fraction of sp³-hybridized carbons (Fsp3) is 0.364. The first-order chi connectivity index (χ1) is 9.61. The van der Waals surface area contributed by atoms with Gasteiger partial charge in [0.1, 0.15) is 4.90 Å². The molecule has 1 aliphatic heterocycles. The number of hydrogen-bond acceptors (Lipinski definition) is 5. The number of sulfonamides is 1. The Kier molecular flexibility index (Phi) is 6.22. The Morgan fingerprint density at radius 3 is 2.45 bits per heavy atom. The van der Waals surface area contributed by atoms with Gasteiger partial charge in [0.2, 0.25) is 10.0 Å². The average molecular weight is 451 g/mol. The molecule has 6 nitrogen and oxygen atoms in total. The first-order valence-corrected chi connectivity index (χ1v) is 8.98. The van der Waals surface area contributed by atoms with Crippen molar-refractivity contribution >= 4 is 67.1 Å². The van der Waals surface area contributed by atoms with E-state index >= 15 is 0 Å². The minimum Gasteiger partial charge on any atom is -0.366 e. The second-order valence-corrected chi connectivity index (χ2v) is 7.76. The molecule has 11 heteroatoms. The van der Waals surface area contributed by atoms with Crippen LogP contribution in [0.25, 0.3) is 0 Å². The van der Waals surface area contributed by atoms with Crippen molar-refractivity contribution in [2.75, 3.05) is 19.8 Å². The smallest absolute Gasteiger partial charge is 0.239 e. The second-order valence-electron chi connectivity index (χ2n) is 4.48. The van der Waals surface area contributed by atoms with Gasteiger partial charge in [0.05, 0.1) is 15.8 Å². The second kappa shape index (κ2) is 6.84. The molecule has 1 atom stereocenters. The van der Waals surface area contributed by atoms with Crippen molar-refractivity contribution in [3.05, 3.63) is 27.7 Å². The van der Waals surface area contributed by atoms with Crippen LogP contribution >= 0.6 is 51.9 Å². The van der Waals surface area contributed by atoms with E-state index in [9.17, 15) is 13.5 Å². The highest BCUT2D eigenvalue weighted by atomic mass is 79.9. The number of halogens is 3. The minimum atomic E-state index is -4.02. The summed E-state index contributed by atoms with van der Waals surface area (Å²) in [4.78, 5) is 5.29. The third-order valence-corrected chi connectivity index (χ3v) is 6.14. The van der Waals surface area contributed by atoms with Gasteiger partial charge >= 0.3 is 0 Å². The van der Waals surface area contributed by atoms with Gasteiger partial charge in [0, 0.05) is 19.7 Å². The molecule has 0 aliphatic carbocycles. The van der Waals surface area contributed by atoms with Crippen LogP contribution in [0.4, 0.5) is 0 Å². The number of thioether (sulfide) groups is 1. The molecule has 0 aromatic heterocycles. The van der Waals surface area contributed by atoms with Crippen molar-refractivity contribution in [3.8, 4) is 0 Å². The molecule has 22 heavy (non-hydrogen) atoms. The monoisotopic (exact) mass is 449 g/mol. The molecule has 1 saturated heterocycles. The highest BCUT2D eigenvalue weighted by molar-refractivity contribution is 8.93. The number of amidine groups is 1. The summed E-state index contributed by atoms with van der Waals surface area (Å²) < 4.78 is 23.1. The van der Waals surface area contributed by atoms with Crippen molar-refractivity contribution in [1.29, 1.82) is 0 Å². The van der Waals surface area contributed by atoms with Crippen molar-refractivity contribution in [3.63, 3.8) is 0 Å². The Labute approximate surface area is 153 Å². The minimum absolute atomic E-state index is 0. The summed E-state index contributed by atoms with van der Waals surface area (Å²) in [6, 6.07) is 2.46. The van der Waals surface area contributed by atoms with Gasteiger partial charge in [-0.25, -0.2) is 13.6 Å². The van der Waals surface area contributed by atoms with E-state index in [-0.39, 0.29) is 43.2 Å². The van der Waals surface area contributed by atoms with E-state index < -0.39 is 15.7 Å².